The van der Waals surface area contributed by atoms with Crippen LogP contribution < -0.4 is 5.56 Å². The molecule has 1 saturated heterocycles. The maximum atomic E-state index is 13.2. The third-order valence-electron chi connectivity index (χ3n) is 5.38. The van der Waals surface area contributed by atoms with Gasteiger partial charge in [0, 0.05) is 30.8 Å². The first-order valence-electron chi connectivity index (χ1n) is 9.07. The van der Waals surface area contributed by atoms with E-state index in [-0.39, 0.29) is 18.0 Å². The molecular weight excluding hydrogens is 348 g/mol. The van der Waals surface area contributed by atoms with Crippen LogP contribution in [0.25, 0.3) is 21.9 Å². The molecule has 0 radical (unpaired) electrons. The first-order valence-corrected chi connectivity index (χ1v) is 10.1. The van der Waals surface area contributed by atoms with Crippen LogP contribution >= 0.6 is 11.8 Å². The molecule has 1 amide bonds. The lowest BCUT2D eigenvalue weighted by atomic mass is 10.1. The molecule has 0 aliphatic carbocycles. The topological polar surface area (TPSA) is 60.1 Å². The number of rotatable bonds is 2. The van der Waals surface area contributed by atoms with Crippen LogP contribution in [0.4, 0.5) is 0 Å². The van der Waals surface area contributed by atoms with Crippen molar-refractivity contribution in [3.8, 4) is 0 Å². The second-order valence-electron chi connectivity index (χ2n) is 7.09. The quantitative estimate of drug-likeness (QED) is 0.652. The Labute approximate surface area is 154 Å². The highest BCUT2D eigenvalue weighted by Gasteiger charge is 2.25. The Kier molecular flexibility index (Phi) is 3.60. The standard InChI is InChI=1S/C19H20N4O2S/c1-12-4-5-14-13(10-12)16-17(18(25)22-8-9-26-19(22)20-16)23(14)11-15(24)21-6-2-3-7-21/h4-5,10H,2-3,6-9,11H2,1H3. The molecule has 0 unspecified atom stereocenters. The van der Waals surface area contributed by atoms with Crippen LogP contribution in [0.3, 0.4) is 0 Å². The van der Waals surface area contributed by atoms with E-state index in [4.69, 9.17) is 4.98 Å². The summed E-state index contributed by atoms with van der Waals surface area (Å²) in [6, 6.07) is 6.10. The fraction of sp³-hybridized carbons (Fsp3) is 0.421. The van der Waals surface area contributed by atoms with Gasteiger partial charge in [0.25, 0.3) is 5.56 Å². The van der Waals surface area contributed by atoms with Crippen LogP contribution in [0.5, 0.6) is 0 Å². The highest BCUT2D eigenvalue weighted by molar-refractivity contribution is 7.99. The molecule has 0 atom stereocenters. The van der Waals surface area contributed by atoms with E-state index in [1.54, 1.807) is 16.3 Å². The van der Waals surface area contributed by atoms with E-state index in [0.717, 1.165) is 58.8 Å². The van der Waals surface area contributed by atoms with Crippen molar-refractivity contribution in [2.45, 2.75) is 38.0 Å². The molecule has 2 aliphatic rings. The highest BCUT2D eigenvalue weighted by atomic mass is 32.2. The van der Waals surface area contributed by atoms with Gasteiger partial charge >= 0.3 is 0 Å². The normalized spacial score (nSPS) is 16.7. The summed E-state index contributed by atoms with van der Waals surface area (Å²) in [5, 5.41) is 1.75. The van der Waals surface area contributed by atoms with Crippen LogP contribution in [0, 0.1) is 6.92 Å². The van der Waals surface area contributed by atoms with Crippen LogP contribution in [0.1, 0.15) is 18.4 Å². The summed E-state index contributed by atoms with van der Waals surface area (Å²) in [7, 11) is 0. The van der Waals surface area contributed by atoms with Gasteiger partial charge in [-0.2, -0.15) is 0 Å². The van der Waals surface area contributed by atoms with Gasteiger partial charge < -0.3 is 9.47 Å². The zero-order valence-corrected chi connectivity index (χ0v) is 15.5. The fourth-order valence-corrected chi connectivity index (χ4v) is 5.00. The summed E-state index contributed by atoms with van der Waals surface area (Å²) in [5.41, 5.74) is 3.29. The summed E-state index contributed by atoms with van der Waals surface area (Å²) in [4.78, 5) is 32.6. The smallest absolute Gasteiger partial charge is 0.278 e. The monoisotopic (exact) mass is 368 g/mol. The molecule has 26 heavy (non-hydrogen) atoms. The molecule has 3 aromatic rings. The average Bonchev–Trinajstić information content (AvgIpc) is 3.35. The number of fused-ring (bicyclic) bond motifs is 4. The molecule has 134 valence electrons. The van der Waals surface area contributed by atoms with Crippen LogP contribution in [-0.4, -0.2) is 43.8 Å². The Morgan fingerprint density at radius 1 is 1.23 bits per heavy atom. The number of benzene rings is 1. The molecule has 0 N–H and O–H groups in total. The van der Waals surface area contributed by atoms with E-state index in [1.165, 1.54) is 0 Å². The number of carbonyl (C=O) groups excluding carboxylic acids is 1. The summed E-state index contributed by atoms with van der Waals surface area (Å²) >= 11 is 1.62. The maximum absolute atomic E-state index is 13.2. The van der Waals surface area contributed by atoms with Crippen LogP contribution in [0.15, 0.2) is 28.2 Å². The van der Waals surface area contributed by atoms with Gasteiger partial charge in [0.15, 0.2) is 5.16 Å². The lowest BCUT2D eigenvalue weighted by Gasteiger charge is -2.16. The van der Waals surface area contributed by atoms with Crippen molar-refractivity contribution in [3.63, 3.8) is 0 Å². The molecule has 6 nitrogen and oxygen atoms in total. The lowest BCUT2D eigenvalue weighted by molar-refractivity contribution is -0.130. The van der Waals surface area contributed by atoms with Crippen LogP contribution in [0.2, 0.25) is 0 Å². The third-order valence-corrected chi connectivity index (χ3v) is 6.33. The molecular formula is C19H20N4O2S. The third kappa shape index (κ3) is 2.30. The Bertz CT molecular complexity index is 1110. The Morgan fingerprint density at radius 3 is 2.85 bits per heavy atom. The summed E-state index contributed by atoms with van der Waals surface area (Å²) in [6.07, 6.45) is 2.13. The lowest BCUT2D eigenvalue weighted by Crippen LogP contribution is -2.32. The Morgan fingerprint density at radius 2 is 2.04 bits per heavy atom. The molecule has 5 rings (SSSR count). The number of nitrogens with zero attached hydrogens (tertiary/aromatic N) is 4. The Balaban J connectivity index is 1.77. The first kappa shape index (κ1) is 15.9. The van der Waals surface area contributed by atoms with E-state index >= 15 is 0 Å². The average molecular weight is 368 g/mol. The number of aromatic nitrogens is 3. The molecule has 2 aliphatic heterocycles. The van der Waals surface area contributed by atoms with Gasteiger partial charge in [-0.3, -0.25) is 14.2 Å². The van der Waals surface area contributed by atoms with Gasteiger partial charge in [0.05, 0.1) is 5.52 Å². The molecule has 7 heteroatoms. The van der Waals surface area contributed by atoms with Crippen molar-refractivity contribution in [1.82, 2.24) is 19.0 Å². The van der Waals surface area contributed by atoms with Gasteiger partial charge in [0.1, 0.15) is 17.6 Å². The first-order chi connectivity index (χ1) is 12.6. The highest BCUT2D eigenvalue weighted by Crippen LogP contribution is 2.30. The zero-order chi connectivity index (χ0) is 17.8. The molecule has 0 spiro atoms. The number of amides is 1. The van der Waals surface area contributed by atoms with Gasteiger partial charge in [-0.15, -0.1) is 0 Å². The number of hydrogen-bond donors (Lipinski definition) is 0. The minimum atomic E-state index is -0.0296. The second kappa shape index (κ2) is 5.87. The van der Waals surface area contributed by atoms with E-state index in [9.17, 15) is 9.59 Å². The minimum Gasteiger partial charge on any atom is -0.341 e. The molecule has 0 bridgehead atoms. The summed E-state index contributed by atoms with van der Waals surface area (Å²) < 4.78 is 3.63. The largest absolute Gasteiger partial charge is 0.341 e. The number of thioether (sulfide) groups is 1. The minimum absolute atomic E-state index is 0.0296. The fourth-order valence-electron chi connectivity index (χ4n) is 4.05. The molecule has 1 aromatic carbocycles. The molecule has 2 aromatic heterocycles. The predicted molar refractivity (Wildman–Crippen MR) is 103 cm³/mol. The van der Waals surface area contributed by atoms with Crippen molar-refractivity contribution in [2.24, 2.45) is 0 Å². The molecule has 0 saturated carbocycles. The second-order valence-corrected chi connectivity index (χ2v) is 8.15. The van der Waals surface area contributed by atoms with Crippen molar-refractivity contribution < 1.29 is 4.79 Å². The van der Waals surface area contributed by atoms with Gasteiger partial charge in [-0.25, -0.2) is 4.98 Å². The summed E-state index contributed by atoms with van der Waals surface area (Å²) in [5.74, 6) is 0.958. The van der Waals surface area contributed by atoms with E-state index in [1.807, 2.05) is 28.5 Å². The SMILES string of the molecule is Cc1ccc2c(c1)c1nc3n(c(=O)c1n2CC(=O)N1CCCC1)CCS3. The number of carbonyl (C=O) groups is 1. The predicted octanol–water partition coefficient (Wildman–Crippen LogP) is 2.39. The van der Waals surface area contributed by atoms with Crippen LogP contribution in [-0.2, 0) is 17.9 Å². The molecule has 4 heterocycles. The van der Waals surface area contributed by atoms with Gasteiger partial charge in [-0.05, 0) is 31.9 Å². The number of hydrogen-bond acceptors (Lipinski definition) is 4. The van der Waals surface area contributed by atoms with E-state index in [0.29, 0.717) is 12.1 Å². The van der Waals surface area contributed by atoms with Gasteiger partial charge in [-0.1, -0.05) is 23.4 Å². The number of likely N-dealkylation sites (tertiary alicyclic amines) is 1. The van der Waals surface area contributed by atoms with Crippen molar-refractivity contribution in [1.29, 1.82) is 0 Å². The summed E-state index contributed by atoms with van der Waals surface area (Å²) in [6.45, 7) is 4.55. The number of aryl methyl sites for hydroxylation is 1. The molecule has 1 fully saturated rings. The maximum Gasteiger partial charge on any atom is 0.278 e. The Hall–Kier alpha value is -2.28. The van der Waals surface area contributed by atoms with Gasteiger partial charge in [0.2, 0.25) is 5.91 Å². The zero-order valence-electron chi connectivity index (χ0n) is 14.7. The van der Waals surface area contributed by atoms with E-state index < -0.39 is 0 Å². The van der Waals surface area contributed by atoms with E-state index in [2.05, 4.69) is 6.07 Å². The van der Waals surface area contributed by atoms with Crippen molar-refractivity contribution in [3.05, 3.63) is 34.1 Å². The van der Waals surface area contributed by atoms with Crippen molar-refractivity contribution in [2.75, 3.05) is 18.8 Å². The van der Waals surface area contributed by atoms with Crippen molar-refractivity contribution >= 4 is 39.6 Å².